The summed E-state index contributed by atoms with van der Waals surface area (Å²) in [5.41, 5.74) is 1.36. The number of pyridine rings is 1. The summed E-state index contributed by atoms with van der Waals surface area (Å²) in [4.78, 5) is 27.1. The Balaban J connectivity index is 1.77. The summed E-state index contributed by atoms with van der Waals surface area (Å²) in [5, 5.41) is 2.85. The number of rotatable bonds is 3. The number of aromatic nitrogens is 1. The van der Waals surface area contributed by atoms with Crippen molar-refractivity contribution in [3.63, 3.8) is 0 Å². The first-order valence-corrected chi connectivity index (χ1v) is 7.41. The predicted octanol–water partition coefficient (Wildman–Crippen LogP) is 1.95. The first kappa shape index (κ1) is 14.5. The maximum atomic E-state index is 12.2. The molecule has 2 aromatic rings. The van der Waals surface area contributed by atoms with E-state index in [1.54, 1.807) is 12.1 Å². The molecular weight excluding hydrogens is 280 g/mol. The second kappa shape index (κ2) is 6.58. The minimum atomic E-state index is -0.379. The lowest BCUT2D eigenvalue weighted by Crippen LogP contribution is -2.42. The van der Waals surface area contributed by atoms with Crippen molar-refractivity contribution in [1.29, 1.82) is 0 Å². The molecular formula is C17H18N2O3. The molecule has 2 heterocycles. The van der Waals surface area contributed by atoms with Crippen molar-refractivity contribution < 1.29 is 9.53 Å². The van der Waals surface area contributed by atoms with E-state index in [1.165, 1.54) is 0 Å². The number of carbonyl (C=O) groups excluding carboxylic acids is 1. The van der Waals surface area contributed by atoms with Gasteiger partial charge in [-0.1, -0.05) is 30.3 Å². The van der Waals surface area contributed by atoms with Gasteiger partial charge in [-0.3, -0.25) is 9.59 Å². The Morgan fingerprint density at radius 3 is 2.68 bits per heavy atom. The normalized spacial score (nSPS) is 17.9. The van der Waals surface area contributed by atoms with E-state index in [2.05, 4.69) is 10.3 Å². The maximum Gasteiger partial charge on any atom is 0.261 e. The van der Waals surface area contributed by atoms with Crippen LogP contribution < -0.4 is 10.9 Å². The monoisotopic (exact) mass is 298 g/mol. The molecule has 0 bridgehead atoms. The van der Waals surface area contributed by atoms with E-state index in [9.17, 15) is 9.59 Å². The van der Waals surface area contributed by atoms with Crippen molar-refractivity contribution in [2.75, 3.05) is 13.2 Å². The van der Waals surface area contributed by atoms with E-state index in [4.69, 9.17) is 4.74 Å². The van der Waals surface area contributed by atoms with Crippen LogP contribution >= 0.6 is 0 Å². The molecule has 1 aliphatic heterocycles. The molecule has 1 aromatic carbocycles. The number of ether oxygens (including phenoxy) is 1. The van der Waals surface area contributed by atoms with Crippen LogP contribution in [0.5, 0.6) is 0 Å². The SMILES string of the molecule is O=C(N[C@H]1CCCOC1)c1ccc(-c2ccccc2)[nH]c1=O. The molecule has 1 amide bonds. The molecule has 1 fully saturated rings. The minimum Gasteiger partial charge on any atom is -0.379 e. The molecule has 5 heteroatoms. The average Bonchev–Trinajstić information content (AvgIpc) is 2.56. The number of hydrogen-bond donors (Lipinski definition) is 2. The molecule has 114 valence electrons. The van der Waals surface area contributed by atoms with Gasteiger partial charge in [-0.05, 0) is 30.5 Å². The molecule has 0 unspecified atom stereocenters. The highest BCUT2D eigenvalue weighted by atomic mass is 16.5. The second-order valence-electron chi connectivity index (χ2n) is 5.37. The van der Waals surface area contributed by atoms with Crippen LogP contribution in [0.3, 0.4) is 0 Å². The zero-order valence-corrected chi connectivity index (χ0v) is 12.2. The Kier molecular flexibility index (Phi) is 4.34. The highest BCUT2D eigenvalue weighted by molar-refractivity contribution is 5.94. The number of amides is 1. The molecule has 1 atom stereocenters. The van der Waals surface area contributed by atoms with Crippen LogP contribution in [0, 0.1) is 0 Å². The molecule has 1 saturated heterocycles. The standard InChI is InChI=1S/C17H18N2O3/c20-16(18-13-7-4-10-22-11-13)14-8-9-15(19-17(14)21)12-5-2-1-3-6-12/h1-3,5-6,8-9,13H,4,7,10-11H2,(H,18,20)(H,19,21)/t13-/m0/s1. The van der Waals surface area contributed by atoms with E-state index in [0.29, 0.717) is 12.3 Å². The summed E-state index contributed by atoms with van der Waals surface area (Å²) in [6.45, 7) is 1.24. The largest absolute Gasteiger partial charge is 0.379 e. The van der Waals surface area contributed by atoms with Gasteiger partial charge in [-0.2, -0.15) is 0 Å². The average molecular weight is 298 g/mol. The summed E-state index contributed by atoms with van der Waals surface area (Å²) in [6.07, 6.45) is 1.81. The minimum absolute atomic E-state index is 0.0190. The Morgan fingerprint density at radius 2 is 2.00 bits per heavy atom. The van der Waals surface area contributed by atoms with Crippen LogP contribution in [0.25, 0.3) is 11.3 Å². The third-order valence-electron chi connectivity index (χ3n) is 3.73. The van der Waals surface area contributed by atoms with Crippen LogP contribution in [0.4, 0.5) is 0 Å². The van der Waals surface area contributed by atoms with Gasteiger partial charge in [0.2, 0.25) is 0 Å². The summed E-state index contributed by atoms with van der Waals surface area (Å²) < 4.78 is 5.33. The summed E-state index contributed by atoms with van der Waals surface area (Å²) in [5.74, 6) is -0.351. The van der Waals surface area contributed by atoms with Gasteiger partial charge >= 0.3 is 0 Å². The van der Waals surface area contributed by atoms with E-state index in [-0.39, 0.29) is 23.1 Å². The van der Waals surface area contributed by atoms with Crippen LogP contribution in [0.15, 0.2) is 47.3 Å². The van der Waals surface area contributed by atoms with Crippen molar-refractivity contribution >= 4 is 5.91 Å². The first-order chi connectivity index (χ1) is 10.7. The van der Waals surface area contributed by atoms with Gasteiger partial charge in [-0.15, -0.1) is 0 Å². The van der Waals surface area contributed by atoms with Crippen molar-refractivity contribution in [3.05, 3.63) is 58.4 Å². The van der Waals surface area contributed by atoms with Gasteiger partial charge < -0.3 is 15.0 Å². The van der Waals surface area contributed by atoms with Crippen molar-refractivity contribution in [2.45, 2.75) is 18.9 Å². The Hall–Kier alpha value is -2.40. The number of nitrogens with one attached hydrogen (secondary N) is 2. The quantitative estimate of drug-likeness (QED) is 0.910. The van der Waals surface area contributed by atoms with Crippen molar-refractivity contribution in [2.24, 2.45) is 0 Å². The Morgan fingerprint density at radius 1 is 1.18 bits per heavy atom. The molecule has 5 nitrogen and oxygen atoms in total. The van der Waals surface area contributed by atoms with E-state index in [1.807, 2.05) is 30.3 Å². The van der Waals surface area contributed by atoms with Gasteiger partial charge in [0.15, 0.2) is 0 Å². The zero-order chi connectivity index (χ0) is 15.4. The lowest BCUT2D eigenvalue weighted by atomic mass is 10.1. The lowest BCUT2D eigenvalue weighted by Gasteiger charge is -2.22. The number of benzene rings is 1. The zero-order valence-electron chi connectivity index (χ0n) is 12.2. The van der Waals surface area contributed by atoms with Crippen molar-refractivity contribution in [3.8, 4) is 11.3 Å². The highest BCUT2D eigenvalue weighted by Gasteiger charge is 2.19. The molecule has 1 aliphatic rings. The van der Waals surface area contributed by atoms with Gasteiger partial charge in [0.25, 0.3) is 11.5 Å². The molecule has 1 aromatic heterocycles. The van der Waals surface area contributed by atoms with Crippen LogP contribution in [-0.4, -0.2) is 30.1 Å². The smallest absolute Gasteiger partial charge is 0.261 e. The van der Waals surface area contributed by atoms with Gasteiger partial charge in [0.1, 0.15) is 5.56 Å². The number of aromatic amines is 1. The predicted molar refractivity (Wildman–Crippen MR) is 83.8 cm³/mol. The lowest BCUT2D eigenvalue weighted by molar-refractivity contribution is 0.0623. The molecule has 0 aliphatic carbocycles. The molecule has 0 radical (unpaired) electrons. The Bertz CT molecular complexity index is 703. The number of hydrogen-bond acceptors (Lipinski definition) is 3. The van der Waals surface area contributed by atoms with Gasteiger partial charge in [0, 0.05) is 12.3 Å². The summed E-state index contributed by atoms with van der Waals surface area (Å²) in [6, 6.07) is 12.8. The topological polar surface area (TPSA) is 71.2 Å². The number of H-pyrrole nitrogens is 1. The third-order valence-corrected chi connectivity index (χ3v) is 3.73. The molecule has 0 saturated carbocycles. The van der Waals surface area contributed by atoms with E-state index >= 15 is 0 Å². The molecule has 3 rings (SSSR count). The van der Waals surface area contributed by atoms with Gasteiger partial charge in [0.05, 0.1) is 12.6 Å². The highest BCUT2D eigenvalue weighted by Crippen LogP contribution is 2.14. The fraction of sp³-hybridized carbons (Fsp3) is 0.294. The van der Waals surface area contributed by atoms with Crippen molar-refractivity contribution in [1.82, 2.24) is 10.3 Å². The maximum absolute atomic E-state index is 12.2. The Labute approximate surface area is 128 Å². The van der Waals surface area contributed by atoms with E-state index in [0.717, 1.165) is 25.0 Å². The summed E-state index contributed by atoms with van der Waals surface area (Å²) in [7, 11) is 0. The second-order valence-corrected chi connectivity index (χ2v) is 5.37. The van der Waals surface area contributed by atoms with E-state index < -0.39 is 0 Å². The van der Waals surface area contributed by atoms with Crippen LogP contribution in [0.1, 0.15) is 23.2 Å². The third kappa shape index (κ3) is 3.26. The molecule has 0 spiro atoms. The fourth-order valence-electron chi connectivity index (χ4n) is 2.56. The first-order valence-electron chi connectivity index (χ1n) is 7.41. The van der Waals surface area contributed by atoms with Gasteiger partial charge in [-0.25, -0.2) is 0 Å². The van der Waals surface area contributed by atoms with Crippen LogP contribution in [0.2, 0.25) is 0 Å². The molecule has 22 heavy (non-hydrogen) atoms. The molecule has 2 N–H and O–H groups in total. The summed E-state index contributed by atoms with van der Waals surface area (Å²) >= 11 is 0. The van der Waals surface area contributed by atoms with Crippen LogP contribution in [-0.2, 0) is 4.74 Å². The fourth-order valence-corrected chi connectivity index (χ4v) is 2.56. The number of carbonyl (C=O) groups is 1.